The molecule has 5 heteroatoms. The Labute approximate surface area is 148 Å². The topological polar surface area (TPSA) is 36.7 Å². The van der Waals surface area contributed by atoms with Gasteiger partial charge in [0, 0.05) is 10.9 Å². The van der Waals surface area contributed by atoms with Crippen LogP contribution in [0.5, 0.6) is 0 Å². The van der Waals surface area contributed by atoms with Gasteiger partial charge in [-0.3, -0.25) is 0 Å². The molecule has 0 aliphatic rings. The summed E-state index contributed by atoms with van der Waals surface area (Å²) < 4.78 is 0. The van der Waals surface area contributed by atoms with Crippen molar-refractivity contribution in [3.05, 3.63) is 74.5 Å². The van der Waals surface area contributed by atoms with Crippen molar-refractivity contribution < 1.29 is 0 Å². The Kier molecular flexibility index (Phi) is 4.78. The van der Waals surface area contributed by atoms with E-state index in [1.165, 1.54) is 11.3 Å². The van der Waals surface area contributed by atoms with Gasteiger partial charge in [0.15, 0.2) is 0 Å². The van der Waals surface area contributed by atoms with E-state index in [9.17, 15) is 5.26 Å². The fraction of sp³-hybridized carbons (Fsp3) is 0. The maximum Gasteiger partial charge on any atom is 0.134 e. The number of hydrogen-bond donors (Lipinski definition) is 0. The van der Waals surface area contributed by atoms with Crippen LogP contribution in [-0.4, -0.2) is 4.98 Å². The third-order valence-electron chi connectivity index (χ3n) is 3.21. The molecular weight excluding hydrogens is 347 g/mol. The van der Waals surface area contributed by atoms with E-state index in [0.717, 1.165) is 11.3 Å². The van der Waals surface area contributed by atoms with Crippen molar-refractivity contribution in [1.29, 1.82) is 5.26 Å². The zero-order chi connectivity index (χ0) is 16.2. The quantitative estimate of drug-likeness (QED) is 0.525. The van der Waals surface area contributed by atoms with E-state index in [4.69, 9.17) is 23.2 Å². The minimum absolute atomic E-state index is 0.432. The number of thiazole rings is 1. The van der Waals surface area contributed by atoms with Crippen molar-refractivity contribution in [3.8, 4) is 17.3 Å². The summed E-state index contributed by atoms with van der Waals surface area (Å²) in [5.41, 5.74) is 3.03. The zero-order valence-corrected chi connectivity index (χ0v) is 14.2. The van der Waals surface area contributed by atoms with Crippen molar-refractivity contribution in [2.45, 2.75) is 0 Å². The molecule has 0 spiro atoms. The molecular formula is C18H10Cl2N2S. The van der Waals surface area contributed by atoms with Crippen molar-refractivity contribution in [3.63, 3.8) is 0 Å². The maximum absolute atomic E-state index is 9.45. The molecule has 1 aromatic heterocycles. The van der Waals surface area contributed by atoms with Crippen molar-refractivity contribution in [2.24, 2.45) is 0 Å². The average molecular weight is 357 g/mol. The van der Waals surface area contributed by atoms with Gasteiger partial charge in [0.1, 0.15) is 11.1 Å². The lowest BCUT2D eigenvalue weighted by Crippen LogP contribution is -1.84. The van der Waals surface area contributed by atoms with Gasteiger partial charge in [-0.1, -0.05) is 65.7 Å². The number of hydrogen-bond acceptors (Lipinski definition) is 3. The summed E-state index contributed by atoms with van der Waals surface area (Å²) in [4.78, 5) is 4.55. The van der Waals surface area contributed by atoms with E-state index in [1.54, 1.807) is 18.2 Å². The lowest BCUT2D eigenvalue weighted by molar-refractivity contribution is 1.37. The molecule has 2 nitrogen and oxygen atoms in total. The molecule has 0 N–H and O–H groups in total. The molecule has 0 saturated heterocycles. The highest BCUT2D eigenvalue weighted by Gasteiger charge is 2.10. The number of rotatable bonds is 3. The molecule has 0 aliphatic carbocycles. The number of halogens is 2. The molecule has 0 unspecified atom stereocenters. The first-order valence-corrected chi connectivity index (χ1v) is 8.39. The number of aromatic nitrogens is 1. The lowest BCUT2D eigenvalue weighted by atomic mass is 10.1. The summed E-state index contributed by atoms with van der Waals surface area (Å²) >= 11 is 13.6. The van der Waals surface area contributed by atoms with Crippen LogP contribution in [0.3, 0.4) is 0 Å². The number of allylic oxidation sites excluding steroid dienone is 1. The molecule has 23 heavy (non-hydrogen) atoms. The Balaban J connectivity index is 1.99. The van der Waals surface area contributed by atoms with Gasteiger partial charge in [-0.15, -0.1) is 11.3 Å². The highest BCUT2D eigenvalue weighted by Crippen LogP contribution is 2.31. The third kappa shape index (κ3) is 3.46. The van der Waals surface area contributed by atoms with Crippen molar-refractivity contribution in [1.82, 2.24) is 4.98 Å². The van der Waals surface area contributed by atoms with Gasteiger partial charge in [0.25, 0.3) is 0 Å². The van der Waals surface area contributed by atoms with Crippen LogP contribution in [0.15, 0.2) is 53.9 Å². The Morgan fingerprint density at radius 3 is 2.61 bits per heavy atom. The van der Waals surface area contributed by atoms with Crippen LogP contribution in [0.4, 0.5) is 0 Å². The van der Waals surface area contributed by atoms with E-state index < -0.39 is 0 Å². The predicted molar refractivity (Wildman–Crippen MR) is 97.5 cm³/mol. The van der Waals surface area contributed by atoms with Crippen LogP contribution in [0.2, 0.25) is 10.0 Å². The standard InChI is InChI=1S/C18H10Cl2N2S/c19-15-8-4-7-13(17(15)20)9-14(10-21)18-22-16(11-23-18)12-5-2-1-3-6-12/h1-9,11H. The molecule has 1 heterocycles. The first kappa shape index (κ1) is 15.8. The van der Waals surface area contributed by atoms with Gasteiger partial charge in [-0.2, -0.15) is 5.26 Å². The summed E-state index contributed by atoms with van der Waals surface area (Å²) in [6.45, 7) is 0. The lowest BCUT2D eigenvalue weighted by Gasteiger charge is -2.01. The Morgan fingerprint density at radius 2 is 1.87 bits per heavy atom. The molecule has 112 valence electrons. The molecule has 3 rings (SSSR count). The predicted octanol–water partition coefficient (Wildman–Crippen LogP) is 6.18. The van der Waals surface area contributed by atoms with Crippen LogP contribution in [0.1, 0.15) is 10.6 Å². The Hall–Kier alpha value is -2.12. The smallest absolute Gasteiger partial charge is 0.134 e. The van der Waals surface area contributed by atoms with Gasteiger partial charge in [-0.25, -0.2) is 4.98 Å². The minimum Gasteiger partial charge on any atom is -0.235 e. The first-order chi connectivity index (χ1) is 11.2. The Morgan fingerprint density at radius 1 is 1.09 bits per heavy atom. The Bertz CT molecular complexity index is 908. The third-order valence-corrected chi connectivity index (χ3v) is 4.91. The van der Waals surface area contributed by atoms with Crippen LogP contribution in [-0.2, 0) is 0 Å². The fourth-order valence-electron chi connectivity index (χ4n) is 2.07. The van der Waals surface area contributed by atoms with Gasteiger partial charge in [-0.05, 0) is 17.7 Å². The summed E-state index contributed by atoms with van der Waals surface area (Å²) in [6.07, 6.45) is 1.71. The maximum atomic E-state index is 9.45. The minimum atomic E-state index is 0.432. The monoisotopic (exact) mass is 356 g/mol. The number of nitriles is 1. The van der Waals surface area contributed by atoms with E-state index in [2.05, 4.69) is 11.1 Å². The van der Waals surface area contributed by atoms with Crippen molar-refractivity contribution in [2.75, 3.05) is 0 Å². The normalized spacial score (nSPS) is 11.3. The zero-order valence-electron chi connectivity index (χ0n) is 11.8. The van der Waals surface area contributed by atoms with Gasteiger partial charge >= 0.3 is 0 Å². The largest absolute Gasteiger partial charge is 0.235 e. The highest BCUT2D eigenvalue weighted by atomic mass is 35.5. The molecule has 0 radical (unpaired) electrons. The summed E-state index contributed by atoms with van der Waals surface area (Å²) in [6, 6.07) is 17.4. The first-order valence-electron chi connectivity index (χ1n) is 6.76. The molecule has 3 aromatic rings. The number of nitrogens with zero attached hydrogens (tertiary/aromatic N) is 2. The van der Waals surface area contributed by atoms with Gasteiger partial charge < -0.3 is 0 Å². The van der Waals surface area contributed by atoms with E-state index in [-0.39, 0.29) is 0 Å². The molecule has 0 bridgehead atoms. The SMILES string of the molecule is N#CC(=Cc1cccc(Cl)c1Cl)c1nc(-c2ccccc2)cs1. The molecule has 0 fully saturated rings. The molecule has 2 aromatic carbocycles. The average Bonchev–Trinajstić information content (AvgIpc) is 3.07. The van der Waals surface area contributed by atoms with E-state index in [1.807, 2.05) is 41.8 Å². The molecule has 0 saturated carbocycles. The van der Waals surface area contributed by atoms with Crippen LogP contribution in [0.25, 0.3) is 22.9 Å². The van der Waals surface area contributed by atoms with Crippen LogP contribution < -0.4 is 0 Å². The molecule has 0 amide bonds. The van der Waals surface area contributed by atoms with Crippen molar-refractivity contribution >= 4 is 46.2 Å². The second-order valence-electron chi connectivity index (χ2n) is 4.72. The fourth-order valence-corrected chi connectivity index (χ4v) is 3.23. The molecule has 0 aliphatic heterocycles. The van der Waals surface area contributed by atoms with E-state index >= 15 is 0 Å². The summed E-state index contributed by atoms with van der Waals surface area (Å²) in [5, 5.41) is 12.9. The highest BCUT2D eigenvalue weighted by molar-refractivity contribution is 7.11. The second-order valence-corrected chi connectivity index (χ2v) is 6.36. The summed E-state index contributed by atoms with van der Waals surface area (Å²) in [7, 11) is 0. The summed E-state index contributed by atoms with van der Waals surface area (Å²) in [5.74, 6) is 0. The van der Waals surface area contributed by atoms with Gasteiger partial charge in [0.2, 0.25) is 0 Å². The second kappa shape index (κ2) is 6.97. The molecule has 0 atom stereocenters. The number of benzene rings is 2. The van der Waals surface area contributed by atoms with Gasteiger partial charge in [0.05, 0.1) is 21.3 Å². The van der Waals surface area contributed by atoms with Crippen LogP contribution in [0, 0.1) is 11.3 Å². The van der Waals surface area contributed by atoms with Crippen LogP contribution >= 0.6 is 34.5 Å². The van der Waals surface area contributed by atoms with E-state index in [0.29, 0.717) is 26.2 Å².